The van der Waals surface area contributed by atoms with Crippen LogP contribution in [0.5, 0.6) is 0 Å². The van der Waals surface area contributed by atoms with E-state index in [1.165, 1.54) is 0 Å². The standard InChI is InChI=1S/C22H26N6O/c1-2-16-5-3-4-6-21(16)27-22(29)26-18-7-9-19(10-8-18)28-14-17(13-25-28)20-11-12-23-15-24-20/h3-6,11-15,18-19H,2,7-10H2,1H3,(H2,26,27,29). The van der Waals surface area contributed by atoms with Crippen LogP contribution in [0.15, 0.2) is 55.2 Å². The van der Waals surface area contributed by atoms with E-state index in [0.29, 0.717) is 6.04 Å². The molecule has 1 aromatic carbocycles. The highest BCUT2D eigenvalue weighted by Gasteiger charge is 2.24. The molecule has 2 N–H and O–H groups in total. The number of benzene rings is 1. The number of nitrogens with zero attached hydrogens (tertiary/aromatic N) is 4. The minimum absolute atomic E-state index is 0.125. The zero-order valence-electron chi connectivity index (χ0n) is 16.6. The van der Waals surface area contributed by atoms with Crippen LogP contribution in [-0.2, 0) is 6.42 Å². The molecule has 7 heteroatoms. The average Bonchev–Trinajstić information content (AvgIpc) is 3.25. The summed E-state index contributed by atoms with van der Waals surface area (Å²) in [5.74, 6) is 0. The summed E-state index contributed by atoms with van der Waals surface area (Å²) >= 11 is 0. The Morgan fingerprint density at radius 1 is 1.17 bits per heavy atom. The second-order valence-electron chi connectivity index (χ2n) is 7.42. The summed E-state index contributed by atoms with van der Waals surface area (Å²) in [7, 11) is 0. The molecule has 4 rings (SSSR count). The predicted octanol–water partition coefficient (Wildman–Crippen LogP) is 4.21. The van der Waals surface area contributed by atoms with Crippen LogP contribution in [0.3, 0.4) is 0 Å². The maximum absolute atomic E-state index is 12.4. The zero-order chi connectivity index (χ0) is 20.1. The number of para-hydroxylation sites is 1. The van der Waals surface area contributed by atoms with Gasteiger partial charge in [0.1, 0.15) is 6.33 Å². The van der Waals surface area contributed by atoms with Gasteiger partial charge in [0, 0.05) is 29.7 Å². The van der Waals surface area contributed by atoms with Gasteiger partial charge < -0.3 is 10.6 Å². The molecule has 0 radical (unpaired) electrons. The van der Waals surface area contributed by atoms with E-state index in [2.05, 4.69) is 38.8 Å². The molecule has 2 amide bonds. The molecule has 7 nitrogen and oxygen atoms in total. The van der Waals surface area contributed by atoms with Gasteiger partial charge in [-0.15, -0.1) is 0 Å². The van der Waals surface area contributed by atoms with Gasteiger partial charge in [0.15, 0.2) is 0 Å². The topological polar surface area (TPSA) is 84.7 Å². The fourth-order valence-corrected chi connectivity index (χ4v) is 3.91. The Bertz CT molecular complexity index is 947. The van der Waals surface area contributed by atoms with Gasteiger partial charge in [-0.2, -0.15) is 5.10 Å². The molecule has 1 aliphatic carbocycles. The van der Waals surface area contributed by atoms with Crippen LogP contribution in [-0.4, -0.2) is 31.8 Å². The Morgan fingerprint density at radius 3 is 2.76 bits per heavy atom. The van der Waals surface area contributed by atoms with Crippen molar-refractivity contribution >= 4 is 11.7 Å². The number of hydrogen-bond acceptors (Lipinski definition) is 4. The third kappa shape index (κ3) is 4.62. The van der Waals surface area contributed by atoms with Crippen LogP contribution >= 0.6 is 0 Å². The fourth-order valence-electron chi connectivity index (χ4n) is 3.91. The number of amides is 2. The molecule has 0 spiro atoms. The lowest BCUT2D eigenvalue weighted by atomic mass is 9.91. The summed E-state index contributed by atoms with van der Waals surface area (Å²) in [4.78, 5) is 20.6. The lowest BCUT2D eigenvalue weighted by Gasteiger charge is -2.29. The molecule has 1 aliphatic rings. The van der Waals surface area contributed by atoms with Crippen LogP contribution < -0.4 is 10.6 Å². The van der Waals surface area contributed by atoms with Crippen molar-refractivity contribution in [2.24, 2.45) is 0 Å². The van der Waals surface area contributed by atoms with E-state index in [-0.39, 0.29) is 12.1 Å². The predicted molar refractivity (Wildman–Crippen MR) is 113 cm³/mol. The van der Waals surface area contributed by atoms with Crippen molar-refractivity contribution in [2.45, 2.75) is 51.1 Å². The van der Waals surface area contributed by atoms with E-state index in [9.17, 15) is 4.79 Å². The molecule has 29 heavy (non-hydrogen) atoms. The molecule has 2 aromatic heterocycles. The highest BCUT2D eigenvalue weighted by atomic mass is 16.2. The van der Waals surface area contributed by atoms with E-state index >= 15 is 0 Å². The minimum Gasteiger partial charge on any atom is -0.335 e. The van der Waals surface area contributed by atoms with Crippen LogP contribution in [0.2, 0.25) is 0 Å². The van der Waals surface area contributed by atoms with Crippen molar-refractivity contribution in [3.63, 3.8) is 0 Å². The third-order valence-electron chi connectivity index (χ3n) is 5.53. The molecule has 150 valence electrons. The third-order valence-corrected chi connectivity index (χ3v) is 5.53. The van der Waals surface area contributed by atoms with E-state index in [4.69, 9.17) is 0 Å². The quantitative estimate of drug-likeness (QED) is 0.683. The van der Waals surface area contributed by atoms with Crippen molar-refractivity contribution in [1.82, 2.24) is 25.1 Å². The van der Waals surface area contributed by atoms with E-state index < -0.39 is 0 Å². The number of aryl methyl sites for hydroxylation is 1. The fraction of sp³-hybridized carbons (Fsp3) is 0.364. The van der Waals surface area contributed by atoms with Crippen molar-refractivity contribution in [3.05, 3.63) is 60.8 Å². The summed E-state index contributed by atoms with van der Waals surface area (Å²) in [5, 5.41) is 10.7. The maximum atomic E-state index is 12.4. The van der Waals surface area contributed by atoms with Crippen molar-refractivity contribution in [1.29, 1.82) is 0 Å². The van der Waals surface area contributed by atoms with Crippen LogP contribution in [0.25, 0.3) is 11.3 Å². The summed E-state index contributed by atoms with van der Waals surface area (Å²) in [6.07, 6.45) is 11.9. The highest BCUT2D eigenvalue weighted by Crippen LogP contribution is 2.29. The maximum Gasteiger partial charge on any atom is 0.319 e. The largest absolute Gasteiger partial charge is 0.335 e. The first-order valence-corrected chi connectivity index (χ1v) is 10.2. The first-order chi connectivity index (χ1) is 14.2. The normalized spacial score (nSPS) is 18.9. The number of aromatic nitrogens is 4. The number of rotatable bonds is 5. The monoisotopic (exact) mass is 390 g/mol. The Morgan fingerprint density at radius 2 is 2.00 bits per heavy atom. The number of carbonyl (C=O) groups is 1. The van der Waals surface area contributed by atoms with Gasteiger partial charge >= 0.3 is 6.03 Å². The Hall–Kier alpha value is -3.22. The molecule has 2 heterocycles. The van der Waals surface area contributed by atoms with Gasteiger partial charge in [0.2, 0.25) is 0 Å². The first kappa shape index (κ1) is 19.1. The summed E-state index contributed by atoms with van der Waals surface area (Å²) in [6.45, 7) is 2.09. The molecule has 1 saturated carbocycles. The zero-order valence-corrected chi connectivity index (χ0v) is 16.6. The molecule has 0 unspecified atom stereocenters. The molecule has 0 bridgehead atoms. The average molecular weight is 390 g/mol. The second kappa shape index (κ2) is 8.86. The second-order valence-corrected chi connectivity index (χ2v) is 7.42. The van der Waals surface area contributed by atoms with Crippen molar-refractivity contribution in [3.8, 4) is 11.3 Å². The Balaban J connectivity index is 1.29. The number of carbonyl (C=O) groups excluding carboxylic acids is 1. The van der Waals surface area contributed by atoms with Gasteiger partial charge in [-0.3, -0.25) is 4.68 Å². The number of nitrogens with one attached hydrogen (secondary N) is 2. The number of hydrogen-bond donors (Lipinski definition) is 2. The van der Waals surface area contributed by atoms with E-state index in [1.54, 1.807) is 12.5 Å². The molecule has 3 aromatic rings. The van der Waals surface area contributed by atoms with Gasteiger partial charge in [-0.25, -0.2) is 14.8 Å². The van der Waals surface area contributed by atoms with Gasteiger partial charge in [-0.1, -0.05) is 25.1 Å². The summed E-state index contributed by atoms with van der Waals surface area (Å²) in [5.41, 5.74) is 3.91. The lowest BCUT2D eigenvalue weighted by Crippen LogP contribution is -2.40. The van der Waals surface area contributed by atoms with Gasteiger partial charge in [-0.05, 0) is 49.8 Å². The van der Waals surface area contributed by atoms with Crippen molar-refractivity contribution in [2.75, 3.05) is 5.32 Å². The SMILES string of the molecule is CCc1ccccc1NC(=O)NC1CCC(n2cc(-c3ccncn3)cn2)CC1. The van der Waals surface area contributed by atoms with Crippen LogP contribution in [0.1, 0.15) is 44.2 Å². The number of urea groups is 1. The molecule has 0 atom stereocenters. The van der Waals surface area contributed by atoms with Crippen LogP contribution in [0, 0.1) is 0 Å². The highest BCUT2D eigenvalue weighted by molar-refractivity contribution is 5.90. The number of anilines is 1. The van der Waals surface area contributed by atoms with E-state index in [1.807, 2.05) is 41.2 Å². The Labute approximate surface area is 170 Å². The van der Waals surface area contributed by atoms with E-state index in [0.717, 1.165) is 54.6 Å². The molecule has 0 saturated heterocycles. The first-order valence-electron chi connectivity index (χ1n) is 10.2. The van der Waals surface area contributed by atoms with Crippen molar-refractivity contribution < 1.29 is 4.79 Å². The molecule has 1 fully saturated rings. The van der Waals surface area contributed by atoms with Crippen LogP contribution in [0.4, 0.5) is 10.5 Å². The summed E-state index contributed by atoms with van der Waals surface area (Å²) < 4.78 is 2.03. The van der Waals surface area contributed by atoms with Gasteiger partial charge in [0.05, 0.1) is 17.9 Å². The summed E-state index contributed by atoms with van der Waals surface area (Å²) in [6, 6.07) is 10.2. The molecular formula is C22H26N6O. The lowest BCUT2D eigenvalue weighted by molar-refractivity contribution is 0.236. The van der Waals surface area contributed by atoms with Gasteiger partial charge in [0.25, 0.3) is 0 Å². The molecular weight excluding hydrogens is 364 g/mol. The molecule has 0 aliphatic heterocycles. The smallest absolute Gasteiger partial charge is 0.319 e. The Kier molecular flexibility index (Phi) is 5.84. The minimum atomic E-state index is -0.125.